The van der Waals surface area contributed by atoms with E-state index in [9.17, 15) is 9.59 Å². The highest BCUT2D eigenvalue weighted by Gasteiger charge is 2.24. The zero-order chi connectivity index (χ0) is 8.97. The molecule has 0 bridgehead atoms. The molecule has 0 radical (unpaired) electrons. The molecule has 1 fully saturated rings. The van der Waals surface area contributed by atoms with E-state index in [1.54, 1.807) is 0 Å². The zero-order valence-electron chi connectivity index (χ0n) is 6.59. The average molecular weight is 192 g/mol. The molecule has 0 aliphatic carbocycles. The largest absolute Gasteiger partial charge is 0.433 e. The standard InChI is InChI=1S/C7H10ClNO3/c8-5-12-7(11)9-4-2-1-3-6(9)10/h1-5H2. The first-order chi connectivity index (χ1) is 5.75. The van der Waals surface area contributed by atoms with Crippen LogP contribution in [0.5, 0.6) is 0 Å². The van der Waals surface area contributed by atoms with Crippen LogP contribution in [-0.2, 0) is 9.53 Å². The van der Waals surface area contributed by atoms with E-state index in [4.69, 9.17) is 11.6 Å². The molecule has 0 unspecified atom stereocenters. The smallest absolute Gasteiger partial charge is 0.417 e. The van der Waals surface area contributed by atoms with Crippen LogP contribution in [0.2, 0.25) is 0 Å². The maximum Gasteiger partial charge on any atom is 0.417 e. The molecule has 1 rings (SSSR count). The van der Waals surface area contributed by atoms with Gasteiger partial charge in [0.1, 0.15) is 0 Å². The second-order valence-corrected chi connectivity index (χ2v) is 2.74. The Morgan fingerprint density at radius 2 is 2.33 bits per heavy atom. The predicted octanol–water partition coefficient (Wildman–Crippen LogP) is 1.33. The number of alkyl halides is 1. The van der Waals surface area contributed by atoms with Crippen molar-refractivity contribution in [1.82, 2.24) is 4.90 Å². The average Bonchev–Trinajstić information content (AvgIpc) is 2.05. The van der Waals surface area contributed by atoms with Gasteiger partial charge < -0.3 is 4.74 Å². The van der Waals surface area contributed by atoms with Gasteiger partial charge in [-0.05, 0) is 12.8 Å². The first-order valence-electron chi connectivity index (χ1n) is 3.79. The second-order valence-electron chi connectivity index (χ2n) is 2.52. The molecule has 0 aromatic carbocycles. The van der Waals surface area contributed by atoms with E-state index in [0.29, 0.717) is 13.0 Å². The van der Waals surface area contributed by atoms with E-state index >= 15 is 0 Å². The second kappa shape index (κ2) is 4.30. The molecule has 1 aliphatic heterocycles. The summed E-state index contributed by atoms with van der Waals surface area (Å²) in [5.74, 6) is -0.170. The third-order valence-electron chi connectivity index (χ3n) is 1.72. The van der Waals surface area contributed by atoms with E-state index in [-0.39, 0.29) is 12.0 Å². The van der Waals surface area contributed by atoms with Crippen molar-refractivity contribution in [2.24, 2.45) is 0 Å². The number of imide groups is 1. The van der Waals surface area contributed by atoms with E-state index in [2.05, 4.69) is 4.74 Å². The highest BCUT2D eigenvalue weighted by atomic mass is 35.5. The number of nitrogens with zero attached hydrogens (tertiary/aromatic N) is 1. The molecule has 1 heterocycles. The first kappa shape index (κ1) is 9.32. The normalized spacial score (nSPS) is 17.8. The topological polar surface area (TPSA) is 46.6 Å². The molecule has 4 nitrogen and oxygen atoms in total. The number of piperidine rings is 1. The quantitative estimate of drug-likeness (QED) is 0.588. The Bertz CT molecular complexity index is 195. The van der Waals surface area contributed by atoms with Crippen LogP contribution in [0.25, 0.3) is 0 Å². The highest BCUT2D eigenvalue weighted by molar-refractivity contribution is 6.17. The molecule has 5 heteroatoms. The lowest BCUT2D eigenvalue weighted by Gasteiger charge is -2.23. The minimum Gasteiger partial charge on any atom is -0.433 e. The Kier molecular flexibility index (Phi) is 3.34. The van der Waals surface area contributed by atoms with Gasteiger partial charge in [-0.15, -0.1) is 0 Å². The number of hydrogen-bond acceptors (Lipinski definition) is 3. The lowest BCUT2D eigenvalue weighted by atomic mass is 10.1. The van der Waals surface area contributed by atoms with Gasteiger partial charge in [-0.3, -0.25) is 4.79 Å². The number of carbonyl (C=O) groups is 2. The molecule has 0 N–H and O–H groups in total. The van der Waals surface area contributed by atoms with Gasteiger partial charge in [-0.2, -0.15) is 0 Å². The summed E-state index contributed by atoms with van der Waals surface area (Å²) in [6, 6.07) is -0.206. The Hall–Kier alpha value is -0.770. The molecule has 0 saturated carbocycles. The molecule has 1 aliphatic rings. The zero-order valence-corrected chi connectivity index (χ0v) is 7.34. The Morgan fingerprint density at radius 3 is 2.92 bits per heavy atom. The Balaban J connectivity index is 2.48. The van der Waals surface area contributed by atoms with Crippen LogP contribution in [0.4, 0.5) is 4.79 Å². The fourth-order valence-electron chi connectivity index (χ4n) is 1.12. The van der Waals surface area contributed by atoms with E-state index in [1.807, 2.05) is 0 Å². The maximum atomic E-state index is 11.1. The van der Waals surface area contributed by atoms with Crippen LogP contribution in [0.15, 0.2) is 0 Å². The number of hydrogen-bond donors (Lipinski definition) is 0. The number of rotatable bonds is 1. The lowest BCUT2D eigenvalue weighted by molar-refractivity contribution is -0.131. The third-order valence-corrected chi connectivity index (χ3v) is 1.83. The summed E-state index contributed by atoms with van der Waals surface area (Å²) < 4.78 is 4.48. The van der Waals surface area contributed by atoms with Gasteiger partial charge >= 0.3 is 6.09 Å². The summed E-state index contributed by atoms with van der Waals surface area (Å²) in [5.41, 5.74) is 0. The van der Waals surface area contributed by atoms with Crippen molar-refractivity contribution in [2.45, 2.75) is 19.3 Å². The number of halogens is 1. The molecular formula is C7H10ClNO3. The maximum absolute atomic E-state index is 11.1. The summed E-state index contributed by atoms with van der Waals surface area (Å²) in [6.45, 7) is 0.453. The fourth-order valence-corrected chi connectivity index (χ4v) is 1.22. The fraction of sp³-hybridized carbons (Fsp3) is 0.714. The van der Waals surface area contributed by atoms with Crippen molar-refractivity contribution >= 4 is 23.6 Å². The molecule has 68 valence electrons. The summed E-state index contributed by atoms with van der Waals surface area (Å²) >= 11 is 5.18. The third kappa shape index (κ3) is 2.11. The Labute approximate surface area is 75.4 Å². The number of likely N-dealkylation sites (tertiary alicyclic amines) is 1. The van der Waals surface area contributed by atoms with Crippen molar-refractivity contribution in [3.63, 3.8) is 0 Å². The summed E-state index contributed by atoms with van der Waals surface area (Å²) in [6.07, 6.45) is 1.50. The molecule has 0 aromatic rings. The highest BCUT2D eigenvalue weighted by Crippen LogP contribution is 2.11. The molecule has 0 aromatic heterocycles. The summed E-state index contributed by atoms with van der Waals surface area (Å²) in [4.78, 5) is 23.2. The van der Waals surface area contributed by atoms with Crippen molar-refractivity contribution in [3.05, 3.63) is 0 Å². The van der Waals surface area contributed by atoms with Gasteiger partial charge in [-0.25, -0.2) is 9.69 Å². The molecule has 1 saturated heterocycles. The van der Waals surface area contributed by atoms with Crippen LogP contribution in [0.3, 0.4) is 0 Å². The van der Waals surface area contributed by atoms with Gasteiger partial charge in [0.15, 0.2) is 6.07 Å². The molecule has 2 amide bonds. The molecule has 0 atom stereocenters. The Morgan fingerprint density at radius 1 is 1.58 bits per heavy atom. The van der Waals surface area contributed by atoms with Crippen LogP contribution in [0, 0.1) is 0 Å². The number of amides is 2. The van der Waals surface area contributed by atoms with Crippen molar-refractivity contribution in [3.8, 4) is 0 Å². The van der Waals surface area contributed by atoms with Crippen LogP contribution in [-0.4, -0.2) is 29.5 Å². The van der Waals surface area contributed by atoms with Gasteiger partial charge in [0.2, 0.25) is 5.91 Å². The lowest BCUT2D eigenvalue weighted by Crippen LogP contribution is -2.40. The van der Waals surface area contributed by atoms with Crippen molar-refractivity contribution in [1.29, 1.82) is 0 Å². The van der Waals surface area contributed by atoms with Gasteiger partial charge in [0.05, 0.1) is 0 Å². The van der Waals surface area contributed by atoms with E-state index < -0.39 is 6.09 Å². The van der Waals surface area contributed by atoms with Gasteiger partial charge in [-0.1, -0.05) is 11.6 Å². The van der Waals surface area contributed by atoms with Crippen LogP contribution < -0.4 is 0 Å². The van der Waals surface area contributed by atoms with Crippen LogP contribution >= 0.6 is 11.6 Å². The molecule has 0 spiro atoms. The number of ether oxygens (including phenoxy) is 1. The van der Waals surface area contributed by atoms with E-state index in [1.165, 1.54) is 0 Å². The van der Waals surface area contributed by atoms with Gasteiger partial charge in [0, 0.05) is 13.0 Å². The van der Waals surface area contributed by atoms with Crippen LogP contribution in [0.1, 0.15) is 19.3 Å². The van der Waals surface area contributed by atoms with Crippen molar-refractivity contribution < 1.29 is 14.3 Å². The predicted molar refractivity (Wildman–Crippen MR) is 42.8 cm³/mol. The number of carbonyl (C=O) groups excluding carboxylic acids is 2. The van der Waals surface area contributed by atoms with E-state index in [0.717, 1.165) is 17.7 Å². The monoisotopic (exact) mass is 191 g/mol. The molecule has 12 heavy (non-hydrogen) atoms. The summed E-state index contributed by atoms with van der Waals surface area (Å²) in [7, 11) is 0. The SMILES string of the molecule is O=C1CCCCN1C(=O)OCCl. The first-order valence-corrected chi connectivity index (χ1v) is 4.32. The van der Waals surface area contributed by atoms with Gasteiger partial charge in [0.25, 0.3) is 0 Å². The minimum atomic E-state index is -0.630. The summed E-state index contributed by atoms with van der Waals surface area (Å²) in [5, 5.41) is 0. The van der Waals surface area contributed by atoms with Crippen molar-refractivity contribution in [2.75, 3.05) is 12.6 Å². The minimum absolute atomic E-state index is 0.170. The molecular weight excluding hydrogens is 182 g/mol.